The van der Waals surface area contributed by atoms with Crippen molar-refractivity contribution in [1.29, 1.82) is 0 Å². The van der Waals surface area contributed by atoms with Gasteiger partial charge in [0.25, 0.3) is 0 Å². The summed E-state index contributed by atoms with van der Waals surface area (Å²) in [7, 11) is 0. The van der Waals surface area contributed by atoms with Crippen LogP contribution in [0.3, 0.4) is 0 Å². The third-order valence-corrected chi connectivity index (χ3v) is 8.51. The summed E-state index contributed by atoms with van der Waals surface area (Å²) in [4.78, 5) is 26.9. The molecule has 5 nitrogen and oxygen atoms in total. The highest BCUT2D eigenvalue weighted by atomic mass is 16.4. The molecule has 4 atom stereocenters. The first-order valence-electron chi connectivity index (χ1n) is 12.2. The topological polar surface area (TPSA) is 77.8 Å². The van der Waals surface area contributed by atoms with Crippen LogP contribution >= 0.6 is 0 Å². The molecule has 0 aliphatic heterocycles. The van der Waals surface area contributed by atoms with E-state index >= 15 is 0 Å². The fraction of sp³-hybridized carbons (Fsp3) is 0.923. The normalized spacial score (nSPS) is 20.4. The van der Waals surface area contributed by atoms with Crippen LogP contribution in [0.1, 0.15) is 121 Å². The summed E-state index contributed by atoms with van der Waals surface area (Å²) in [5, 5.41) is 20.0. The van der Waals surface area contributed by atoms with Crippen molar-refractivity contribution < 1.29 is 19.8 Å². The summed E-state index contributed by atoms with van der Waals surface area (Å²) in [6, 6.07) is 0. The van der Waals surface area contributed by atoms with Crippen LogP contribution < -0.4 is 0 Å². The lowest BCUT2D eigenvalue weighted by atomic mass is 9.68. The number of nitrogens with zero attached hydrogens (tertiary/aromatic N) is 1. The van der Waals surface area contributed by atoms with Crippen molar-refractivity contribution in [2.75, 3.05) is 6.54 Å². The summed E-state index contributed by atoms with van der Waals surface area (Å²) >= 11 is 0. The lowest BCUT2D eigenvalue weighted by Crippen LogP contribution is -2.63. The SMILES string of the molecule is CCC(C)(C)CN(C(C)(CC)CC(C)(CC)C(=O)O)C(C)(CC)CC(C)(CC)C(=O)O. The molecular formula is C26H51NO4. The number of rotatable bonds is 15. The molecule has 0 aromatic heterocycles. The van der Waals surface area contributed by atoms with Gasteiger partial charge < -0.3 is 10.2 Å². The van der Waals surface area contributed by atoms with Crippen molar-refractivity contribution >= 4 is 11.9 Å². The van der Waals surface area contributed by atoms with Gasteiger partial charge in [0.2, 0.25) is 0 Å². The second kappa shape index (κ2) is 10.7. The Morgan fingerprint density at radius 1 is 0.613 bits per heavy atom. The van der Waals surface area contributed by atoms with Crippen LogP contribution in [0.25, 0.3) is 0 Å². The maximum Gasteiger partial charge on any atom is 0.309 e. The second-order valence-corrected chi connectivity index (χ2v) is 11.6. The van der Waals surface area contributed by atoms with E-state index in [4.69, 9.17) is 0 Å². The van der Waals surface area contributed by atoms with Gasteiger partial charge in [-0.3, -0.25) is 14.5 Å². The maximum absolute atomic E-state index is 12.2. The Labute approximate surface area is 192 Å². The fourth-order valence-corrected chi connectivity index (χ4v) is 4.78. The first kappa shape index (κ1) is 29.9. The van der Waals surface area contributed by atoms with E-state index in [-0.39, 0.29) is 16.5 Å². The van der Waals surface area contributed by atoms with E-state index in [1.54, 1.807) is 0 Å². The minimum Gasteiger partial charge on any atom is -0.481 e. The van der Waals surface area contributed by atoms with Gasteiger partial charge in [0.1, 0.15) is 0 Å². The van der Waals surface area contributed by atoms with E-state index in [0.717, 1.165) is 25.8 Å². The lowest BCUT2D eigenvalue weighted by molar-refractivity contribution is -0.156. The van der Waals surface area contributed by atoms with Crippen molar-refractivity contribution in [1.82, 2.24) is 4.90 Å². The van der Waals surface area contributed by atoms with Crippen molar-refractivity contribution in [2.24, 2.45) is 16.2 Å². The molecule has 4 unspecified atom stereocenters. The number of carbonyl (C=O) groups is 2. The Kier molecular flexibility index (Phi) is 10.3. The van der Waals surface area contributed by atoms with Gasteiger partial charge in [-0.1, -0.05) is 48.5 Å². The molecule has 0 amide bonds. The quantitative estimate of drug-likeness (QED) is 0.291. The first-order valence-corrected chi connectivity index (χ1v) is 12.2. The summed E-state index contributed by atoms with van der Waals surface area (Å²) in [6.07, 6.45) is 4.81. The van der Waals surface area contributed by atoms with Crippen molar-refractivity contribution in [3.05, 3.63) is 0 Å². The van der Waals surface area contributed by atoms with Crippen molar-refractivity contribution in [3.8, 4) is 0 Å². The van der Waals surface area contributed by atoms with E-state index in [1.165, 1.54) is 0 Å². The summed E-state index contributed by atoms with van der Waals surface area (Å²) in [5.74, 6) is -1.52. The smallest absolute Gasteiger partial charge is 0.309 e. The molecule has 0 aliphatic rings. The van der Waals surface area contributed by atoms with E-state index in [0.29, 0.717) is 25.7 Å². The van der Waals surface area contributed by atoms with Gasteiger partial charge in [-0.15, -0.1) is 0 Å². The van der Waals surface area contributed by atoms with Crippen molar-refractivity contribution in [3.63, 3.8) is 0 Å². The maximum atomic E-state index is 12.2. The Morgan fingerprint density at radius 2 is 0.935 bits per heavy atom. The molecule has 0 aromatic carbocycles. The molecule has 0 aromatic rings. The van der Waals surface area contributed by atoms with Gasteiger partial charge in [0, 0.05) is 17.6 Å². The monoisotopic (exact) mass is 441 g/mol. The fourth-order valence-electron chi connectivity index (χ4n) is 4.78. The Hall–Kier alpha value is -1.10. The lowest BCUT2D eigenvalue weighted by Gasteiger charge is -2.57. The molecule has 184 valence electrons. The van der Waals surface area contributed by atoms with E-state index < -0.39 is 22.8 Å². The Balaban J connectivity index is 6.68. The average molecular weight is 442 g/mol. The van der Waals surface area contributed by atoms with E-state index in [2.05, 4.69) is 53.4 Å². The number of carboxylic acid groups (broad SMARTS) is 2. The number of aliphatic carboxylic acids is 2. The van der Waals surface area contributed by atoms with Crippen LogP contribution in [-0.4, -0.2) is 44.7 Å². The second-order valence-electron chi connectivity index (χ2n) is 11.6. The van der Waals surface area contributed by atoms with Crippen LogP contribution in [0, 0.1) is 16.2 Å². The molecule has 0 fully saturated rings. The predicted octanol–water partition coefficient (Wildman–Crippen LogP) is 6.84. The standard InChI is InChI=1S/C26H51NO4/c1-12-22(6,7)19-27(25(10,15-4)17-23(8,13-2)20(28)29)26(11,16-5)18-24(9,14-3)21(30)31/h12-19H2,1-11H3,(H,28,29)(H,30,31). The highest BCUT2D eigenvalue weighted by Crippen LogP contribution is 2.46. The molecule has 0 saturated carbocycles. The van der Waals surface area contributed by atoms with E-state index in [1.807, 2.05) is 27.7 Å². The van der Waals surface area contributed by atoms with Gasteiger partial charge >= 0.3 is 11.9 Å². The zero-order valence-electron chi connectivity index (χ0n) is 22.3. The molecule has 0 spiro atoms. The molecule has 31 heavy (non-hydrogen) atoms. The minimum absolute atomic E-state index is 0.0323. The van der Waals surface area contributed by atoms with E-state index in [9.17, 15) is 19.8 Å². The summed E-state index contributed by atoms with van der Waals surface area (Å²) in [6.45, 7) is 23.7. The predicted molar refractivity (Wildman–Crippen MR) is 129 cm³/mol. The highest BCUT2D eigenvalue weighted by Gasteiger charge is 2.50. The zero-order chi connectivity index (χ0) is 24.9. The molecule has 0 radical (unpaired) electrons. The molecule has 0 rings (SSSR count). The third kappa shape index (κ3) is 6.94. The summed E-state index contributed by atoms with van der Waals surface area (Å²) in [5.41, 5.74) is -2.35. The molecule has 0 bridgehead atoms. The average Bonchev–Trinajstić information content (AvgIpc) is 2.71. The zero-order valence-corrected chi connectivity index (χ0v) is 22.3. The van der Waals surface area contributed by atoms with Crippen LogP contribution in [0.15, 0.2) is 0 Å². The number of hydrogen-bond acceptors (Lipinski definition) is 3. The molecule has 0 saturated heterocycles. The van der Waals surface area contributed by atoms with Gasteiger partial charge in [-0.05, 0) is 78.1 Å². The van der Waals surface area contributed by atoms with Gasteiger partial charge in [-0.25, -0.2) is 0 Å². The highest BCUT2D eigenvalue weighted by molar-refractivity contribution is 5.74. The third-order valence-electron chi connectivity index (χ3n) is 8.51. The minimum atomic E-state index is -0.825. The summed E-state index contributed by atoms with van der Waals surface area (Å²) < 4.78 is 0. The molecule has 0 heterocycles. The molecule has 0 aliphatic carbocycles. The van der Waals surface area contributed by atoms with Gasteiger partial charge in [-0.2, -0.15) is 0 Å². The first-order chi connectivity index (χ1) is 13.9. The van der Waals surface area contributed by atoms with Crippen LogP contribution in [0.5, 0.6) is 0 Å². The Bertz CT molecular complexity index is 575. The molecule has 5 heteroatoms. The molecular weight excluding hydrogens is 390 g/mol. The largest absolute Gasteiger partial charge is 0.481 e. The Morgan fingerprint density at radius 3 is 1.13 bits per heavy atom. The van der Waals surface area contributed by atoms with Crippen LogP contribution in [0.4, 0.5) is 0 Å². The van der Waals surface area contributed by atoms with Crippen LogP contribution in [0.2, 0.25) is 0 Å². The molecule has 2 N–H and O–H groups in total. The number of hydrogen-bond donors (Lipinski definition) is 2. The number of carboxylic acids is 2. The van der Waals surface area contributed by atoms with Gasteiger partial charge in [0.05, 0.1) is 10.8 Å². The van der Waals surface area contributed by atoms with Crippen LogP contribution in [-0.2, 0) is 9.59 Å². The van der Waals surface area contributed by atoms with Crippen molar-refractivity contribution in [2.45, 2.75) is 132 Å². The van der Waals surface area contributed by atoms with Gasteiger partial charge in [0.15, 0.2) is 0 Å².